The summed E-state index contributed by atoms with van der Waals surface area (Å²) in [6.45, 7) is 0. The van der Waals surface area contributed by atoms with Crippen LogP contribution in [0.15, 0.2) is 0 Å². The quantitative estimate of drug-likeness (QED) is 0.570. The molecule has 0 aliphatic heterocycles. The summed E-state index contributed by atoms with van der Waals surface area (Å²) < 4.78 is 0. The molecule has 8 saturated carbocycles. The van der Waals surface area contributed by atoms with Gasteiger partial charge < -0.3 is 0 Å². The van der Waals surface area contributed by atoms with Crippen molar-refractivity contribution in [1.82, 2.24) is 0 Å². The average Bonchev–Trinajstić information content (AvgIpc) is 3.48. The molecular formula is C24H34. The van der Waals surface area contributed by atoms with Gasteiger partial charge in [0.1, 0.15) is 0 Å². The van der Waals surface area contributed by atoms with E-state index in [1.54, 1.807) is 64.2 Å². The molecule has 8 fully saturated rings. The van der Waals surface area contributed by atoms with Gasteiger partial charge in [-0.1, -0.05) is 0 Å². The van der Waals surface area contributed by atoms with E-state index in [-0.39, 0.29) is 0 Å². The van der Waals surface area contributed by atoms with Gasteiger partial charge in [-0.05, 0) is 147 Å². The second kappa shape index (κ2) is 4.12. The zero-order valence-electron chi connectivity index (χ0n) is 15.2. The van der Waals surface area contributed by atoms with E-state index in [2.05, 4.69) is 0 Å². The summed E-state index contributed by atoms with van der Waals surface area (Å²) in [5.74, 6) is 17.3. The molecule has 8 aliphatic carbocycles. The lowest BCUT2D eigenvalue weighted by Crippen LogP contribution is -1.97. The van der Waals surface area contributed by atoms with Gasteiger partial charge in [0, 0.05) is 0 Å². The van der Waals surface area contributed by atoms with Crippen molar-refractivity contribution in [1.29, 1.82) is 0 Å². The van der Waals surface area contributed by atoms with Gasteiger partial charge in [0.15, 0.2) is 0 Å². The molecule has 130 valence electrons. The molecule has 0 N–H and O–H groups in total. The van der Waals surface area contributed by atoms with Crippen LogP contribution in [0.5, 0.6) is 0 Å². The van der Waals surface area contributed by atoms with E-state index in [1.165, 1.54) is 82.9 Å². The van der Waals surface area contributed by atoms with Crippen molar-refractivity contribution in [2.24, 2.45) is 82.9 Å². The third kappa shape index (κ3) is 1.98. The molecule has 0 heteroatoms. The third-order valence-corrected chi connectivity index (χ3v) is 10.6. The number of hydrogen-bond donors (Lipinski definition) is 0. The van der Waals surface area contributed by atoms with Crippen LogP contribution in [-0.2, 0) is 0 Å². The van der Waals surface area contributed by atoms with Crippen LogP contribution >= 0.6 is 0 Å². The maximum absolute atomic E-state index is 1.68. The van der Waals surface area contributed by atoms with Crippen LogP contribution in [0.3, 0.4) is 0 Å². The highest BCUT2D eigenvalue weighted by atomic mass is 14.7. The number of rotatable bonds is 7. The molecule has 12 unspecified atom stereocenters. The largest absolute Gasteiger partial charge is 0.0499 e. The molecule has 24 heavy (non-hydrogen) atoms. The highest BCUT2D eigenvalue weighted by Crippen LogP contribution is 2.75. The van der Waals surface area contributed by atoms with E-state index < -0.39 is 0 Å². The first kappa shape index (κ1) is 13.2. The third-order valence-electron chi connectivity index (χ3n) is 10.6. The van der Waals surface area contributed by atoms with Gasteiger partial charge in [-0.25, -0.2) is 0 Å². The molecule has 0 nitrogen and oxygen atoms in total. The van der Waals surface area contributed by atoms with Crippen LogP contribution in [0.4, 0.5) is 0 Å². The van der Waals surface area contributed by atoms with Gasteiger partial charge in [0.05, 0.1) is 0 Å². The summed E-state index contributed by atoms with van der Waals surface area (Å²) in [7, 11) is 0. The minimum absolute atomic E-state index is 1.22. The summed E-state index contributed by atoms with van der Waals surface area (Å²) in [6, 6.07) is 0. The second-order valence-corrected chi connectivity index (χ2v) is 12.1. The number of hydrogen-bond acceptors (Lipinski definition) is 0. The molecule has 0 heterocycles. The normalized spacial score (nSPS) is 68.5. The zero-order valence-corrected chi connectivity index (χ0v) is 15.2. The maximum Gasteiger partial charge on any atom is -0.0349 e. The minimum atomic E-state index is 1.22. The van der Waals surface area contributed by atoms with Crippen LogP contribution in [0.2, 0.25) is 0 Å². The highest BCUT2D eigenvalue weighted by Gasteiger charge is 2.68. The zero-order chi connectivity index (χ0) is 15.2. The Labute approximate surface area is 147 Å². The molecule has 0 radical (unpaired) electrons. The van der Waals surface area contributed by atoms with Crippen molar-refractivity contribution < 1.29 is 0 Å². The standard InChI is InChI=1S/C24H34/c1-2-11(1)13-5-15(13)17-7-19(17)21-9-23(21)24-10-22(24)20-8-18(20)16-6-14(16)12-3-4-12/h11-24H,1-10H2. The summed E-state index contributed by atoms with van der Waals surface area (Å²) in [4.78, 5) is 0. The molecule has 0 bridgehead atoms. The fourth-order valence-corrected chi connectivity index (χ4v) is 8.47. The Kier molecular flexibility index (Phi) is 2.27. The molecule has 0 saturated heterocycles. The Morgan fingerprint density at radius 1 is 0.250 bits per heavy atom. The fraction of sp³-hybridized carbons (Fsp3) is 1.00. The fourth-order valence-electron chi connectivity index (χ4n) is 8.47. The molecule has 0 aromatic heterocycles. The van der Waals surface area contributed by atoms with Crippen LogP contribution in [0.25, 0.3) is 0 Å². The molecule has 0 spiro atoms. The maximum atomic E-state index is 1.68. The van der Waals surface area contributed by atoms with Crippen molar-refractivity contribution in [2.45, 2.75) is 64.2 Å². The molecule has 8 rings (SSSR count). The molecule has 0 aromatic carbocycles. The lowest BCUT2D eigenvalue weighted by Gasteiger charge is -2.01. The Morgan fingerprint density at radius 3 is 0.708 bits per heavy atom. The SMILES string of the molecule is C1CC1C1CC1C1CC1C1CC1C1CC1C1CC1C1CC1C1CC1. The first-order chi connectivity index (χ1) is 11.9. The predicted octanol–water partition coefficient (Wildman–Crippen LogP) is 5.62. The van der Waals surface area contributed by atoms with E-state index >= 15 is 0 Å². The van der Waals surface area contributed by atoms with Crippen molar-refractivity contribution in [3.05, 3.63) is 0 Å². The van der Waals surface area contributed by atoms with Crippen LogP contribution in [0, 0.1) is 82.9 Å². The van der Waals surface area contributed by atoms with Gasteiger partial charge in [-0.15, -0.1) is 0 Å². The lowest BCUT2D eigenvalue weighted by molar-refractivity contribution is 0.458. The van der Waals surface area contributed by atoms with Crippen LogP contribution in [0.1, 0.15) is 64.2 Å². The van der Waals surface area contributed by atoms with E-state index in [9.17, 15) is 0 Å². The highest BCUT2D eigenvalue weighted by molar-refractivity contribution is 5.17. The summed E-state index contributed by atoms with van der Waals surface area (Å²) in [5.41, 5.74) is 0. The Morgan fingerprint density at radius 2 is 0.458 bits per heavy atom. The average molecular weight is 323 g/mol. The van der Waals surface area contributed by atoms with Crippen LogP contribution in [-0.4, -0.2) is 0 Å². The van der Waals surface area contributed by atoms with Crippen molar-refractivity contribution >= 4 is 0 Å². The monoisotopic (exact) mass is 322 g/mol. The molecular weight excluding hydrogens is 288 g/mol. The first-order valence-electron chi connectivity index (χ1n) is 11.9. The lowest BCUT2D eigenvalue weighted by atomic mass is 10.0. The van der Waals surface area contributed by atoms with Gasteiger partial charge in [0.2, 0.25) is 0 Å². The summed E-state index contributed by atoms with van der Waals surface area (Å²) in [6.07, 6.45) is 16.4. The van der Waals surface area contributed by atoms with Crippen molar-refractivity contribution in [3.63, 3.8) is 0 Å². The van der Waals surface area contributed by atoms with Crippen molar-refractivity contribution in [2.75, 3.05) is 0 Å². The minimum Gasteiger partial charge on any atom is -0.0499 e. The van der Waals surface area contributed by atoms with Gasteiger partial charge in [-0.3, -0.25) is 0 Å². The molecule has 0 amide bonds. The van der Waals surface area contributed by atoms with Crippen molar-refractivity contribution in [3.8, 4) is 0 Å². The van der Waals surface area contributed by atoms with E-state index in [1.807, 2.05) is 0 Å². The summed E-state index contributed by atoms with van der Waals surface area (Å²) >= 11 is 0. The Balaban J connectivity index is 0.838. The summed E-state index contributed by atoms with van der Waals surface area (Å²) in [5, 5.41) is 0. The van der Waals surface area contributed by atoms with E-state index in [0.29, 0.717) is 0 Å². The topological polar surface area (TPSA) is 0 Å². The first-order valence-corrected chi connectivity index (χ1v) is 11.9. The predicted molar refractivity (Wildman–Crippen MR) is 95.0 cm³/mol. The molecule has 0 aromatic rings. The van der Waals surface area contributed by atoms with Gasteiger partial charge in [-0.2, -0.15) is 0 Å². The molecule has 12 atom stereocenters. The van der Waals surface area contributed by atoms with E-state index in [4.69, 9.17) is 0 Å². The second-order valence-electron chi connectivity index (χ2n) is 12.1. The Hall–Kier alpha value is 0. The smallest absolute Gasteiger partial charge is 0.0349 e. The van der Waals surface area contributed by atoms with Gasteiger partial charge in [0.25, 0.3) is 0 Å². The molecule has 8 aliphatic rings. The van der Waals surface area contributed by atoms with Crippen LogP contribution < -0.4 is 0 Å². The van der Waals surface area contributed by atoms with E-state index in [0.717, 1.165) is 0 Å². The Bertz CT molecular complexity index is 533. The van der Waals surface area contributed by atoms with Gasteiger partial charge >= 0.3 is 0 Å².